The molecule has 32 heavy (non-hydrogen) atoms. The molecular formula is C26H34N4O2. The van der Waals surface area contributed by atoms with Crippen LogP contribution in [0.15, 0.2) is 36.4 Å². The summed E-state index contributed by atoms with van der Waals surface area (Å²) in [5, 5.41) is 5.64. The molecule has 170 valence electrons. The van der Waals surface area contributed by atoms with Gasteiger partial charge < -0.3 is 15.5 Å². The van der Waals surface area contributed by atoms with E-state index < -0.39 is 11.8 Å². The van der Waals surface area contributed by atoms with E-state index in [1.54, 1.807) is 0 Å². The number of aryl methyl sites for hydroxylation is 2. The van der Waals surface area contributed by atoms with Crippen molar-refractivity contribution in [1.82, 2.24) is 10.2 Å². The van der Waals surface area contributed by atoms with E-state index in [1.807, 2.05) is 32.0 Å². The number of piperidine rings is 1. The molecule has 0 aromatic heterocycles. The SMILES string of the molecule is Cc1cc(C)cc(NC(=O)C(=O)NC[C@H](c2ccc3c(c2)CCN3C)N2CCCCC2)c1. The topological polar surface area (TPSA) is 64.7 Å². The predicted octanol–water partition coefficient (Wildman–Crippen LogP) is 3.58. The number of hydrogen-bond donors (Lipinski definition) is 2. The summed E-state index contributed by atoms with van der Waals surface area (Å²) in [5.41, 5.74) is 6.63. The third kappa shape index (κ3) is 5.13. The molecule has 6 heteroatoms. The Bertz CT molecular complexity index is 977. The molecule has 2 aromatic rings. The summed E-state index contributed by atoms with van der Waals surface area (Å²) in [6.07, 6.45) is 4.65. The molecule has 1 fully saturated rings. The van der Waals surface area contributed by atoms with Crippen LogP contribution in [0.5, 0.6) is 0 Å². The lowest BCUT2D eigenvalue weighted by molar-refractivity contribution is -0.136. The maximum atomic E-state index is 12.6. The zero-order chi connectivity index (χ0) is 22.7. The van der Waals surface area contributed by atoms with E-state index in [2.05, 4.69) is 45.7 Å². The molecule has 0 spiro atoms. The molecule has 2 heterocycles. The molecule has 2 aliphatic rings. The third-order valence-electron chi connectivity index (χ3n) is 6.59. The minimum absolute atomic E-state index is 0.0736. The largest absolute Gasteiger partial charge is 0.374 e. The first kappa shape index (κ1) is 22.3. The number of hydrogen-bond acceptors (Lipinski definition) is 4. The van der Waals surface area contributed by atoms with Crippen molar-refractivity contribution >= 4 is 23.2 Å². The van der Waals surface area contributed by atoms with E-state index in [9.17, 15) is 9.59 Å². The lowest BCUT2D eigenvalue weighted by Crippen LogP contribution is -2.43. The second kappa shape index (κ2) is 9.74. The Morgan fingerprint density at radius 2 is 1.66 bits per heavy atom. The van der Waals surface area contributed by atoms with Gasteiger partial charge in [-0.3, -0.25) is 14.5 Å². The monoisotopic (exact) mass is 434 g/mol. The molecule has 4 rings (SSSR count). The average molecular weight is 435 g/mol. The second-order valence-electron chi connectivity index (χ2n) is 9.21. The lowest BCUT2D eigenvalue weighted by Gasteiger charge is -2.35. The lowest BCUT2D eigenvalue weighted by atomic mass is 9.98. The predicted molar refractivity (Wildman–Crippen MR) is 129 cm³/mol. The van der Waals surface area contributed by atoms with E-state index in [0.717, 1.165) is 37.2 Å². The normalized spacial score (nSPS) is 17.0. The van der Waals surface area contributed by atoms with Crippen LogP contribution in [0.3, 0.4) is 0 Å². The Kier molecular flexibility index (Phi) is 6.80. The van der Waals surface area contributed by atoms with E-state index in [4.69, 9.17) is 0 Å². The highest BCUT2D eigenvalue weighted by Crippen LogP contribution is 2.32. The molecule has 0 bridgehead atoms. The van der Waals surface area contributed by atoms with Gasteiger partial charge in [-0.25, -0.2) is 0 Å². The fraction of sp³-hybridized carbons (Fsp3) is 0.462. The zero-order valence-corrected chi connectivity index (χ0v) is 19.4. The van der Waals surface area contributed by atoms with Crippen LogP contribution in [0.25, 0.3) is 0 Å². The van der Waals surface area contributed by atoms with E-state index in [-0.39, 0.29) is 6.04 Å². The highest BCUT2D eigenvalue weighted by molar-refractivity contribution is 6.39. The molecule has 2 N–H and O–H groups in total. The summed E-state index contributed by atoms with van der Waals surface area (Å²) < 4.78 is 0. The number of nitrogens with zero attached hydrogens (tertiary/aromatic N) is 2. The number of fused-ring (bicyclic) bond motifs is 1. The van der Waals surface area contributed by atoms with Gasteiger partial charge in [-0.2, -0.15) is 0 Å². The zero-order valence-electron chi connectivity index (χ0n) is 19.4. The van der Waals surface area contributed by atoms with Crippen LogP contribution in [-0.2, 0) is 16.0 Å². The van der Waals surface area contributed by atoms with Crippen molar-refractivity contribution in [3.63, 3.8) is 0 Å². The van der Waals surface area contributed by atoms with Gasteiger partial charge >= 0.3 is 11.8 Å². The van der Waals surface area contributed by atoms with E-state index in [0.29, 0.717) is 12.2 Å². The van der Waals surface area contributed by atoms with Crippen molar-refractivity contribution in [2.75, 3.05) is 43.4 Å². The number of anilines is 2. The van der Waals surface area contributed by atoms with Crippen LogP contribution in [0.2, 0.25) is 0 Å². The number of benzene rings is 2. The molecule has 0 saturated carbocycles. The number of carbonyl (C=O) groups is 2. The maximum absolute atomic E-state index is 12.6. The van der Waals surface area contributed by atoms with E-state index in [1.165, 1.54) is 36.1 Å². The van der Waals surface area contributed by atoms with Gasteiger partial charge in [0.25, 0.3) is 0 Å². The fourth-order valence-electron chi connectivity index (χ4n) is 4.99. The van der Waals surface area contributed by atoms with Crippen molar-refractivity contribution in [3.05, 3.63) is 58.7 Å². The minimum atomic E-state index is -0.622. The van der Waals surface area contributed by atoms with Crippen molar-refractivity contribution in [3.8, 4) is 0 Å². The first-order valence-corrected chi connectivity index (χ1v) is 11.7. The van der Waals surface area contributed by atoms with Crippen LogP contribution >= 0.6 is 0 Å². The maximum Gasteiger partial charge on any atom is 0.313 e. The van der Waals surface area contributed by atoms with Crippen molar-refractivity contribution in [2.24, 2.45) is 0 Å². The molecule has 6 nitrogen and oxygen atoms in total. The van der Waals surface area contributed by atoms with Crippen molar-refractivity contribution < 1.29 is 9.59 Å². The summed E-state index contributed by atoms with van der Waals surface area (Å²) in [4.78, 5) is 29.9. The molecule has 2 aromatic carbocycles. The van der Waals surface area contributed by atoms with Gasteiger partial charge in [0.15, 0.2) is 0 Å². The van der Waals surface area contributed by atoms with Crippen LogP contribution in [-0.4, -0.2) is 49.9 Å². The Morgan fingerprint density at radius 3 is 2.38 bits per heavy atom. The quantitative estimate of drug-likeness (QED) is 0.706. The Balaban J connectivity index is 1.45. The molecule has 2 amide bonds. The van der Waals surface area contributed by atoms with E-state index >= 15 is 0 Å². The number of rotatable bonds is 5. The average Bonchev–Trinajstić information content (AvgIpc) is 3.14. The summed E-state index contributed by atoms with van der Waals surface area (Å²) in [7, 11) is 2.13. The van der Waals surface area contributed by atoms with Gasteiger partial charge in [0.05, 0.1) is 6.04 Å². The molecule has 0 radical (unpaired) electrons. The van der Waals surface area contributed by atoms with Crippen molar-refractivity contribution in [1.29, 1.82) is 0 Å². The number of nitrogens with one attached hydrogen (secondary N) is 2. The third-order valence-corrected chi connectivity index (χ3v) is 6.59. The number of amides is 2. The van der Waals surface area contributed by atoms with Crippen LogP contribution in [0.1, 0.15) is 47.6 Å². The molecule has 0 unspecified atom stereocenters. The Labute approximate surface area is 191 Å². The number of likely N-dealkylation sites (N-methyl/N-ethyl adjacent to an activating group) is 1. The second-order valence-corrected chi connectivity index (χ2v) is 9.21. The minimum Gasteiger partial charge on any atom is -0.374 e. The summed E-state index contributed by atoms with van der Waals surface area (Å²) in [6.45, 7) is 7.45. The van der Waals surface area contributed by atoms with Crippen LogP contribution in [0.4, 0.5) is 11.4 Å². The molecule has 2 aliphatic heterocycles. The fourth-order valence-corrected chi connectivity index (χ4v) is 4.99. The summed E-state index contributed by atoms with van der Waals surface area (Å²) >= 11 is 0. The molecule has 1 saturated heterocycles. The summed E-state index contributed by atoms with van der Waals surface area (Å²) in [5.74, 6) is -1.21. The smallest absolute Gasteiger partial charge is 0.313 e. The standard InChI is InChI=1S/C26H34N4O2/c1-18-13-19(2)15-22(14-18)28-26(32)25(31)27-17-24(30-10-5-4-6-11-30)20-7-8-23-21(16-20)9-12-29(23)3/h7-8,13-16,24H,4-6,9-12,17H2,1-3H3,(H,27,31)(H,28,32)/t24-/m1/s1. The van der Waals surface area contributed by atoms with Gasteiger partial charge in [0.1, 0.15) is 0 Å². The van der Waals surface area contributed by atoms with Crippen LogP contribution < -0.4 is 15.5 Å². The summed E-state index contributed by atoms with van der Waals surface area (Å²) in [6, 6.07) is 12.5. The molecular weight excluding hydrogens is 400 g/mol. The number of likely N-dealkylation sites (tertiary alicyclic amines) is 1. The van der Waals surface area contributed by atoms with Gasteiger partial charge in [-0.05, 0) is 86.7 Å². The highest BCUT2D eigenvalue weighted by atomic mass is 16.2. The van der Waals surface area contributed by atoms with Crippen molar-refractivity contribution in [2.45, 2.75) is 45.6 Å². The Hall–Kier alpha value is -2.86. The highest BCUT2D eigenvalue weighted by Gasteiger charge is 2.26. The van der Waals surface area contributed by atoms with Gasteiger partial charge in [0.2, 0.25) is 0 Å². The van der Waals surface area contributed by atoms with Gasteiger partial charge in [-0.1, -0.05) is 24.6 Å². The first-order chi connectivity index (χ1) is 15.4. The van der Waals surface area contributed by atoms with Crippen LogP contribution in [0, 0.1) is 13.8 Å². The Morgan fingerprint density at radius 1 is 0.938 bits per heavy atom. The molecule has 0 aliphatic carbocycles. The number of carbonyl (C=O) groups excluding carboxylic acids is 2. The molecule has 1 atom stereocenters. The van der Waals surface area contributed by atoms with Gasteiger partial charge in [0, 0.05) is 31.5 Å². The first-order valence-electron chi connectivity index (χ1n) is 11.7. The van der Waals surface area contributed by atoms with Gasteiger partial charge in [-0.15, -0.1) is 0 Å².